The van der Waals surface area contributed by atoms with Crippen molar-refractivity contribution in [3.63, 3.8) is 0 Å². The van der Waals surface area contributed by atoms with Crippen molar-refractivity contribution in [2.75, 3.05) is 6.67 Å². The van der Waals surface area contributed by atoms with Gasteiger partial charge in [-0.1, -0.05) is 0 Å². The number of nitrogens with two attached hydrogens (primary N) is 1. The molecule has 3 N–H and O–H groups in total. The van der Waals surface area contributed by atoms with Gasteiger partial charge in [-0.3, -0.25) is 4.79 Å². The van der Waals surface area contributed by atoms with Crippen molar-refractivity contribution in [3.8, 4) is 0 Å². The van der Waals surface area contributed by atoms with Gasteiger partial charge >= 0.3 is 0 Å². The molecule has 1 aromatic heterocycles. The lowest BCUT2D eigenvalue weighted by Gasteiger charge is -2.03. The predicted octanol–water partition coefficient (Wildman–Crippen LogP) is 0.420. The van der Waals surface area contributed by atoms with Gasteiger partial charge in [-0.2, -0.15) is 0 Å². The van der Waals surface area contributed by atoms with E-state index in [1.54, 1.807) is 6.07 Å². The summed E-state index contributed by atoms with van der Waals surface area (Å²) in [6.45, 7) is -0.944. The van der Waals surface area contributed by atoms with Crippen LogP contribution < -0.4 is 5.73 Å². The summed E-state index contributed by atoms with van der Waals surface area (Å²) in [5.41, 5.74) is 5.45. The molecule has 5 nitrogen and oxygen atoms in total. The molecule has 0 aromatic carbocycles. The number of carbonyl (C=O) groups is 1. The molecule has 0 atom stereocenters. The van der Waals surface area contributed by atoms with Crippen LogP contribution in [0.3, 0.4) is 0 Å². The predicted molar refractivity (Wildman–Crippen MR) is 56.7 cm³/mol. The van der Waals surface area contributed by atoms with Crippen LogP contribution in [0.5, 0.6) is 0 Å². The Morgan fingerprint density at radius 1 is 1.62 bits per heavy atom. The molecule has 0 aliphatic heterocycles. The Bertz CT molecular complexity index is 416. The molecule has 0 spiro atoms. The molecule has 84 valence electrons. The quantitative estimate of drug-likeness (QED) is 0.557. The van der Waals surface area contributed by atoms with E-state index >= 15 is 0 Å². The highest BCUT2D eigenvalue weighted by atomic mass is 19.1. The average Bonchev–Trinajstić information content (AvgIpc) is 2.31. The first-order valence-electron chi connectivity index (χ1n) is 4.52. The molecule has 1 rings (SSSR count). The van der Waals surface area contributed by atoms with Crippen molar-refractivity contribution in [1.29, 1.82) is 5.41 Å². The number of nitrogens with one attached hydrogen (secondary N) is 1. The van der Waals surface area contributed by atoms with Gasteiger partial charge in [0.1, 0.15) is 13.0 Å². The van der Waals surface area contributed by atoms with Crippen LogP contribution in [0.2, 0.25) is 0 Å². The summed E-state index contributed by atoms with van der Waals surface area (Å²) in [6.07, 6.45) is 3.56. The van der Waals surface area contributed by atoms with Gasteiger partial charge in [-0.25, -0.2) is 14.4 Å². The number of Topliss-reactive ketones (excluding diaryl/α,β-unsaturated/α-hetero) is 1. The van der Waals surface area contributed by atoms with Crippen LogP contribution in [-0.2, 0) is 11.2 Å². The normalized spacial score (nSPS) is 11.8. The molecule has 0 amide bonds. The third kappa shape index (κ3) is 2.94. The smallest absolute Gasteiger partial charge is 0.172 e. The van der Waals surface area contributed by atoms with E-state index < -0.39 is 12.5 Å². The molecule has 1 heterocycles. The standard InChI is InChI=1S/C10H11FN4O/c11-4-9(13)8(5-12)10(16)3-7-1-2-14-6-15-7/h1-2,5-6,12H,3-4,13H2/b9-8+,12-5?. The molecular weight excluding hydrogens is 211 g/mol. The zero-order valence-electron chi connectivity index (χ0n) is 8.48. The number of carbonyl (C=O) groups excluding carboxylic acids is 1. The number of aromatic nitrogens is 2. The Balaban J connectivity index is 2.83. The Hall–Kier alpha value is -2.11. The van der Waals surface area contributed by atoms with Crippen molar-refractivity contribution in [1.82, 2.24) is 9.97 Å². The van der Waals surface area contributed by atoms with Gasteiger partial charge in [0.15, 0.2) is 5.78 Å². The van der Waals surface area contributed by atoms with Gasteiger partial charge in [0, 0.05) is 12.4 Å². The minimum absolute atomic E-state index is 0.0199. The van der Waals surface area contributed by atoms with E-state index in [-0.39, 0.29) is 17.7 Å². The maximum Gasteiger partial charge on any atom is 0.172 e. The lowest BCUT2D eigenvalue weighted by Crippen LogP contribution is -2.16. The lowest BCUT2D eigenvalue weighted by molar-refractivity contribution is -0.114. The van der Waals surface area contributed by atoms with Crippen molar-refractivity contribution in [3.05, 3.63) is 35.6 Å². The van der Waals surface area contributed by atoms with Crippen LogP contribution in [0.1, 0.15) is 5.69 Å². The number of nitrogens with zero attached hydrogens (tertiary/aromatic N) is 2. The zero-order valence-corrected chi connectivity index (χ0v) is 8.48. The molecule has 16 heavy (non-hydrogen) atoms. The topological polar surface area (TPSA) is 92.7 Å². The van der Waals surface area contributed by atoms with Crippen LogP contribution >= 0.6 is 0 Å². The second kappa shape index (κ2) is 5.69. The molecule has 0 saturated heterocycles. The molecule has 0 unspecified atom stereocenters. The fraction of sp³-hybridized carbons (Fsp3) is 0.200. The Morgan fingerprint density at radius 2 is 2.38 bits per heavy atom. The van der Waals surface area contributed by atoms with E-state index in [1.807, 2.05) is 0 Å². The van der Waals surface area contributed by atoms with E-state index in [2.05, 4.69) is 9.97 Å². The summed E-state index contributed by atoms with van der Waals surface area (Å²) in [7, 11) is 0. The SMILES string of the molecule is N=C/C(C(=O)Cc1ccncn1)=C(\N)CF. The number of halogens is 1. The van der Waals surface area contributed by atoms with Gasteiger partial charge in [0.25, 0.3) is 0 Å². The summed E-state index contributed by atoms with van der Waals surface area (Å²) in [4.78, 5) is 19.2. The van der Waals surface area contributed by atoms with Gasteiger partial charge in [0.05, 0.1) is 23.4 Å². The lowest BCUT2D eigenvalue weighted by atomic mass is 10.1. The fourth-order valence-corrected chi connectivity index (χ4v) is 1.11. The summed E-state index contributed by atoms with van der Waals surface area (Å²) < 4.78 is 12.3. The largest absolute Gasteiger partial charge is 0.399 e. The van der Waals surface area contributed by atoms with Crippen LogP contribution in [0.4, 0.5) is 4.39 Å². The zero-order chi connectivity index (χ0) is 12.0. The highest BCUT2D eigenvalue weighted by Crippen LogP contribution is 2.04. The van der Waals surface area contributed by atoms with Gasteiger partial charge in [-0.05, 0) is 6.07 Å². The summed E-state index contributed by atoms with van der Waals surface area (Å²) >= 11 is 0. The minimum atomic E-state index is -0.944. The number of ketones is 1. The number of alkyl halides is 1. The first-order valence-corrected chi connectivity index (χ1v) is 4.52. The molecule has 1 aromatic rings. The summed E-state index contributed by atoms with van der Waals surface area (Å²) in [6, 6.07) is 1.57. The van der Waals surface area contributed by atoms with E-state index in [0.29, 0.717) is 5.69 Å². The molecule has 0 bridgehead atoms. The van der Waals surface area contributed by atoms with Gasteiger partial charge in [-0.15, -0.1) is 0 Å². The summed E-state index contributed by atoms with van der Waals surface area (Å²) in [5.74, 6) is -0.427. The highest BCUT2D eigenvalue weighted by Gasteiger charge is 2.12. The third-order valence-electron chi connectivity index (χ3n) is 1.92. The Morgan fingerprint density at radius 3 is 2.88 bits per heavy atom. The van der Waals surface area contributed by atoms with E-state index in [1.165, 1.54) is 12.5 Å². The van der Waals surface area contributed by atoms with Crippen molar-refractivity contribution in [2.45, 2.75) is 6.42 Å². The number of hydrogen-bond acceptors (Lipinski definition) is 5. The molecule has 6 heteroatoms. The summed E-state index contributed by atoms with van der Waals surface area (Å²) in [5, 5.41) is 7.01. The number of rotatable bonds is 5. The minimum Gasteiger partial charge on any atom is -0.399 e. The fourth-order valence-electron chi connectivity index (χ4n) is 1.11. The average molecular weight is 222 g/mol. The maximum absolute atomic E-state index is 12.3. The molecule has 0 aliphatic carbocycles. The molecule has 0 aliphatic rings. The van der Waals surface area contributed by atoms with Crippen LogP contribution in [0.15, 0.2) is 29.9 Å². The second-order valence-electron chi connectivity index (χ2n) is 3.02. The first-order chi connectivity index (χ1) is 7.69. The van der Waals surface area contributed by atoms with Crippen molar-refractivity contribution < 1.29 is 9.18 Å². The van der Waals surface area contributed by atoms with E-state index in [9.17, 15) is 9.18 Å². The van der Waals surface area contributed by atoms with Gasteiger partial charge < -0.3 is 11.1 Å². The Labute approximate surface area is 91.7 Å². The van der Waals surface area contributed by atoms with Crippen LogP contribution in [0, 0.1) is 5.41 Å². The molecule has 0 radical (unpaired) electrons. The van der Waals surface area contributed by atoms with E-state index in [4.69, 9.17) is 11.1 Å². The first kappa shape index (κ1) is 12.0. The Kier molecular flexibility index (Phi) is 4.26. The number of hydrogen-bond donors (Lipinski definition) is 2. The molecular formula is C10H11FN4O. The highest BCUT2D eigenvalue weighted by molar-refractivity contribution is 6.13. The molecule has 0 fully saturated rings. The van der Waals surface area contributed by atoms with Crippen LogP contribution in [-0.4, -0.2) is 28.6 Å². The van der Waals surface area contributed by atoms with Crippen molar-refractivity contribution >= 4 is 12.0 Å². The third-order valence-corrected chi connectivity index (χ3v) is 1.92. The molecule has 0 saturated carbocycles. The van der Waals surface area contributed by atoms with E-state index in [0.717, 1.165) is 6.21 Å². The number of allylic oxidation sites excluding steroid dienone is 2. The van der Waals surface area contributed by atoms with Gasteiger partial charge in [0.2, 0.25) is 0 Å². The second-order valence-corrected chi connectivity index (χ2v) is 3.02. The van der Waals surface area contributed by atoms with Crippen molar-refractivity contribution in [2.24, 2.45) is 5.73 Å². The van der Waals surface area contributed by atoms with Crippen LogP contribution in [0.25, 0.3) is 0 Å². The maximum atomic E-state index is 12.3. The monoisotopic (exact) mass is 222 g/mol.